The molecule has 0 saturated carbocycles. The van der Waals surface area contributed by atoms with Crippen LogP contribution in [0.25, 0.3) is 4.85 Å². The van der Waals surface area contributed by atoms with E-state index < -0.39 is 0 Å². The topological polar surface area (TPSA) is 22.8 Å². The molecule has 14 heavy (non-hydrogen) atoms. The van der Waals surface area contributed by atoms with E-state index in [0.717, 1.165) is 11.9 Å². The van der Waals surface area contributed by atoms with Crippen LogP contribution in [0.5, 0.6) is 0 Å². The van der Waals surface area contributed by atoms with Crippen LogP contribution in [0.3, 0.4) is 0 Å². The SMILES string of the molecule is [C-]#[N+]c1ccccc1B1OCCCO1. The monoisotopic (exact) mass is 187 g/mol. The minimum atomic E-state index is -0.353. The largest absolute Gasteiger partial charge is 0.482 e. The van der Waals surface area contributed by atoms with Crippen LogP contribution in [-0.2, 0) is 9.31 Å². The molecule has 0 N–H and O–H groups in total. The molecule has 0 amide bonds. The third-order valence-corrected chi connectivity index (χ3v) is 2.14. The van der Waals surface area contributed by atoms with Gasteiger partial charge in [0.1, 0.15) is 0 Å². The molecule has 0 bridgehead atoms. The molecule has 1 aromatic carbocycles. The lowest BCUT2D eigenvalue weighted by molar-refractivity contribution is 0.143. The summed E-state index contributed by atoms with van der Waals surface area (Å²) in [6.45, 7) is 8.43. The molecule has 1 saturated heterocycles. The van der Waals surface area contributed by atoms with Gasteiger partial charge < -0.3 is 9.31 Å². The summed E-state index contributed by atoms with van der Waals surface area (Å²) in [7, 11) is -0.353. The summed E-state index contributed by atoms with van der Waals surface area (Å²) < 4.78 is 10.9. The molecular weight excluding hydrogens is 177 g/mol. The van der Waals surface area contributed by atoms with Crippen LogP contribution in [0.2, 0.25) is 0 Å². The van der Waals surface area contributed by atoms with Gasteiger partial charge in [0, 0.05) is 13.2 Å². The van der Waals surface area contributed by atoms with Gasteiger partial charge in [0.15, 0.2) is 5.69 Å². The lowest BCUT2D eigenvalue weighted by atomic mass is 9.77. The molecule has 70 valence electrons. The van der Waals surface area contributed by atoms with Crippen LogP contribution in [0, 0.1) is 6.57 Å². The van der Waals surface area contributed by atoms with E-state index in [0.29, 0.717) is 18.9 Å². The molecule has 0 aliphatic carbocycles. The highest BCUT2D eigenvalue weighted by Crippen LogP contribution is 2.11. The fraction of sp³-hybridized carbons (Fsp3) is 0.300. The van der Waals surface area contributed by atoms with Crippen molar-refractivity contribution in [3.8, 4) is 0 Å². The highest BCUT2D eigenvalue weighted by molar-refractivity contribution is 6.63. The number of rotatable bonds is 1. The van der Waals surface area contributed by atoms with E-state index in [1.54, 1.807) is 6.07 Å². The van der Waals surface area contributed by atoms with Gasteiger partial charge in [-0.05, 0) is 11.9 Å². The minimum absolute atomic E-state index is 0.353. The summed E-state index contributed by atoms with van der Waals surface area (Å²) >= 11 is 0. The Morgan fingerprint density at radius 2 is 1.93 bits per heavy atom. The molecular formula is C10H10BNO2. The van der Waals surface area contributed by atoms with Crippen molar-refractivity contribution in [2.75, 3.05) is 13.2 Å². The molecule has 1 aliphatic rings. The maximum absolute atomic E-state index is 7.02. The minimum Gasteiger partial charge on any atom is -0.408 e. The molecule has 0 spiro atoms. The summed E-state index contributed by atoms with van der Waals surface area (Å²) in [6, 6.07) is 7.40. The van der Waals surface area contributed by atoms with Crippen molar-refractivity contribution in [2.24, 2.45) is 0 Å². The predicted octanol–water partition coefficient (Wildman–Crippen LogP) is 1.37. The Bertz CT molecular complexity index is 355. The van der Waals surface area contributed by atoms with Gasteiger partial charge >= 0.3 is 7.12 Å². The molecule has 0 unspecified atom stereocenters. The van der Waals surface area contributed by atoms with Crippen LogP contribution >= 0.6 is 0 Å². The van der Waals surface area contributed by atoms with Crippen molar-refractivity contribution in [3.05, 3.63) is 35.7 Å². The number of para-hydroxylation sites is 1. The van der Waals surface area contributed by atoms with Gasteiger partial charge in [-0.1, -0.05) is 24.3 Å². The normalized spacial score (nSPS) is 16.4. The van der Waals surface area contributed by atoms with Gasteiger partial charge in [-0.3, -0.25) is 0 Å². The second kappa shape index (κ2) is 4.27. The van der Waals surface area contributed by atoms with Crippen LogP contribution < -0.4 is 5.46 Å². The Balaban J connectivity index is 2.26. The second-order valence-electron chi connectivity index (χ2n) is 3.10. The fourth-order valence-corrected chi connectivity index (χ4v) is 1.46. The smallest absolute Gasteiger partial charge is 0.408 e. The van der Waals surface area contributed by atoms with Crippen LogP contribution in [-0.4, -0.2) is 20.3 Å². The maximum Gasteiger partial charge on any atom is 0.482 e. The van der Waals surface area contributed by atoms with Crippen molar-refractivity contribution < 1.29 is 9.31 Å². The lowest BCUT2D eigenvalue weighted by Crippen LogP contribution is -2.40. The van der Waals surface area contributed by atoms with Crippen molar-refractivity contribution in [2.45, 2.75) is 6.42 Å². The summed E-state index contributed by atoms with van der Waals surface area (Å²) in [4.78, 5) is 3.44. The zero-order valence-electron chi connectivity index (χ0n) is 7.77. The van der Waals surface area contributed by atoms with Crippen LogP contribution in [0.1, 0.15) is 6.42 Å². The third kappa shape index (κ3) is 1.79. The molecule has 1 aromatic rings. The first-order valence-electron chi connectivity index (χ1n) is 4.61. The fourth-order valence-electron chi connectivity index (χ4n) is 1.46. The Morgan fingerprint density at radius 3 is 2.64 bits per heavy atom. The number of benzene rings is 1. The summed E-state index contributed by atoms with van der Waals surface area (Å²) in [6.07, 6.45) is 0.927. The third-order valence-electron chi connectivity index (χ3n) is 2.14. The van der Waals surface area contributed by atoms with Gasteiger partial charge in [-0.2, -0.15) is 0 Å². The van der Waals surface area contributed by atoms with E-state index in [-0.39, 0.29) is 7.12 Å². The number of nitrogens with zero attached hydrogens (tertiary/aromatic N) is 1. The highest BCUT2D eigenvalue weighted by Gasteiger charge is 2.26. The highest BCUT2D eigenvalue weighted by atomic mass is 16.6. The molecule has 0 atom stereocenters. The summed E-state index contributed by atoms with van der Waals surface area (Å²) in [5.41, 5.74) is 1.45. The molecule has 1 heterocycles. The zero-order chi connectivity index (χ0) is 9.80. The van der Waals surface area contributed by atoms with Gasteiger partial charge in [0.2, 0.25) is 0 Å². The molecule has 2 rings (SSSR count). The first-order valence-corrected chi connectivity index (χ1v) is 4.61. The van der Waals surface area contributed by atoms with Crippen LogP contribution in [0.15, 0.2) is 24.3 Å². The average Bonchev–Trinajstić information content (AvgIpc) is 2.30. The molecule has 0 radical (unpaired) electrons. The van der Waals surface area contributed by atoms with E-state index in [2.05, 4.69) is 4.85 Å². The second-order valence-corrected chi connectivity index (χ2v) is 3.10. The van der Waals surface area contributed by atoms with E-state index >= 15 is 0 Å². The summed E-state index contributed by atoms with van der Waals surface area (Å²) in [5, 5.41) is 0. The van der Waals surface area contributed by atoms with Gasteiger partial charge in [-0.25, -0.2) is 4.85 Å². The van der Waals surface area contributed by atoms with Gasteiger partial charge in [-0.15, -0.1) is 0 Å². The van der Waals surface area contributed by atoms with Gasteiger partial charge in [0.25, 0.3) is 0 Å². The maximum atomic E-state index is 7.02. The Kier molecular flexibility index (Phi) is 2.83. The average molecular weight is 187 g/mol. The molecule has 1 fully saturated rings. The Hall–Kier alpha value is -1.31. The van der Waals surface area contributed by atoms with E-state index in [4.69, 9.17) is 15.9 Å². The van der Waals surface area contributed by atoms with E-state index in [1.807, 2.05) is 18.2 Å². The summed E-state index contributed by atoms with van der Waals surface area (Å²) in [5.74, 6) is 0. The number of hydrogen-bond acceptors (Lipinski definition) is 2. The Morgan fingerprint density at radius 1 is 1.21 bits per heavy atom. The van der Waals surface area contributed by atoms with Crippen molar-refractivity contribution in [1.82, 2.24) is 0 Å². The van der Waals surface area contributed by atoms with Crippen molar-refractivity contribution in [1.29, 1.82) is 0 Å². The van der Waals surface area contributed by atoms with Crippen molar-refractivity contribution >= 4 is 18.3 Å². The van der Waals surface area contributed by atoms with Crippen molar-refractivity contribution in [3.63, 3.8) is 0 Å². The van der Waals surface area contributed by atoms with Gasteiger partial charge in [0.05, 0.1) is 6.57 Å². The molecule has 0 aromatic heterocycles. The first kappa shape index (κ1) is 9.26. The van der Waals surface area contributed by atoms with E-state index in [9.17, 15) is 0 Å². The lowest BCUT2D eigenvalue weighted by Gasteiger charge is -2.20. The number of hydrogen-bond donors (Lipinski definition) is 0. The first-order chi connectivity index (χ1) is 6.92. The Labute approximate surface area is 83.6 Å². The van der Waals surface area contributed by atoms with Crippen LogP contribution in [0.4, 0.5) is 5.69 Å². The standard InChI is InChI=1S/C10H10BNO2/c1-12-10-6-3-2-5-9(10)11-13-7-4-8-14-11/h2-3,5-6H,4,7-8H2. The predicted molar refractivity (Wildman–Crippen MR) is 54.6 cm³/mol. The molecule has 4 heteroatoms. The van der Waals surface area contributed by atoms with E-state index in [1.165, 1.54) is 0 Å². The molecule has 3 nitrogen and oxygen atoms in total. The molecule has 1 aliphatic heterocycles. The zero-order valence-corrected chi connectivity index (χ0v) is 7.77. The quantitative estimate of drug-likeness (QED) is 0.489.